The molecule has 1 unspecified atom stereocenters. The molecular weight excluding hydrogens is 176 g/mol. The zero-order valence-electron chi connectivity index (χ0n) is 8.66. The van der Waals surface area contributed by atoms with E-state index in [4.69, 9.17) is 4.74 Å². The number of hydrogen-bond acceptors (Lipinski definition) is 2. The lowest BCUT2D eigenvalue weighted by atomic mass is 9.93. The zero-order chi connectivity index (χ0) is 10.2. The van der Waals surface area contributed by atoms with E-state index in [2.05, 4.69) is 38.2 Å². The minimum absolute atomic E-state index is 0.0995. The Balaban J connectivity index is 2.30. The Kier molecular flexibility index (Phi) is 2.33. The monoisotopic (exact) mass is 192 g/mol. The minimum Gasteiger partial charge on any atom is -0.368 e. The van der Waals surface area contributed by atoms with Crippen LogP contribution in [0.3, 0.4) is 0 Å². The minimum atomic E-state index is -0.631. The number of aliphatic hydroxyl groups is 1. The summed E-state index contributed by atoms with van der Waals surface area (Å²) in [5.74, 6) is 0. The van der Waals surface area contributed by atoms with Gasteiger partial charge in [0.15, 0.2) is 6.29 Å². The molecule has 0 fully saturated rings. The highest BCUT2D eigenvalue weighted by atomic mass is 16.6. The van der Waals surface area contributed by atoms with Crippen molar-refractivity contribution in [2.45, 2.75) is 26.6 Å². The highest BCUT2D eigenvalue weighted by Gasteiger charge is 2.20. The van der Waals surface area contributed by atoms with Crippen LogP contribution in [0.4, 0.5) is 0 Å². The standard InChI is InChI=1S/C12H16O2/c1-12(2)5-3-9-7-11(13)14-8-10(9)4-6-12/h3-6,11,13H,7-8H2,1-2H3. The van der Waals surface area contributed by atoms with Crippen molar-refractivity contribution in [1.29, 1.82) is 0 Å². The molecule has 0 spiro atoms. The average Bonchev–Trinajstić information content (AvgIpc) is 2.26. The van der Waals surface area contributed by atoms with Gasteiger partial charge < -0.3 is 9.84 Å². The predicted octanol–water partition coefficient (Wildman–Crippen LogP) is 2.17. The fraction of sp³-hybridized carbons (Fsp3) is 0.500. The van der Waals surface area contributed by atoms with E-state index in [1.807, 2.05) is 0 Å². The Labute approximate surface area is 84.6 Å². The van der Waals surface area contributed by atoms with Crippen LogP contribution in [0.2, 0.25) is 0 Å². The van der Waals surface area contributed by atoms with E-state index in [-0.39, 0.29) is 5.41 Å². The van der Waals surface area contributed by atoms with Crippen LogP contribution in [0.5, 0.6) is 0 Å². The Hall–Kier alpha value is -0.860. The van der Waals surface area contributed by atoms with Crippen LogP contribution in [-0.2, 0) is 4.74 Å². The highest BCUT2D eigenvalue weighted by molar-refractivity contribution is 5.39. The topological polar surface area (TPSA) is 29.5 Å². The van der Waals surface area contributed by atoms with Gasteiger partial charge >= 0.3 is 0 Å². The van der Waals surface area contributed by atoms with Crippen LogP contribution in [0, 0.1) is 5.41 Å². The van der Waals surface area contributed by atoms with Gasteiger partial charge in [-0.25, -0.2) is 0 Å². The third kappa shape index (κ3) is 1.97. The molecule has 2 heteroatoms. The summed E-state index contributed by atoms with van der Waals surface area (Å²) in [5.41, 5.74) is 2.49. The van der Waals surface area contributed by atoms with Crippen LogP contribution >= 0.6 is 0 Å². The first kappa shape index (κ1) is 9.69. The molecule has 0 aromatic heterocycles. The van der Waals surface area contributed by atoms with Crippen molar-refractivity contribution in [2.24, 2.45) is 5.41 Å². The number of aliphatic hydroxyl groups excluding tert-OH is 1. The molecule has 76 valence electrons. The summed E-state index contributed by atoms with van der Waals surface area (Å²) in [4.78, 5) is 0. The fourth-order valence-electron chi connectivity index (χ4n) is 1.67. The number of ether oxygens (including phenoxy) is 1. The molecule has 2 aliphatic rings. The van der Waals surface area contributed by atoms with Gasteiger partial charge in [-0.2, -0.15) is 0 Å². The molecule has 0 amide bonds. The summed E-state index contributed by atoms with van der Waals surface area (Å²) in [6.45, 7) is 4.85. The van der Waals surface area contributed by atoms with Crippen molar-refractivity contribution >= 4 is 0 Å². The van der Waals surface area contributed by atoms with Gasteiger partial charge in [0.1, 0.15) is 0 Å². The lowest BCUT2D eigenvalue weighted by molar-refractivity contribution is -0.0950. The maximum absolute atomic E-state index is 9.36. The molecule has 1 atom stereocenters. The van der Waals surface area contributed by atoms with E-state index in [0.29, 0.717) is 13.0 Å². The molecule has 14 heavy (non-hydrogen) atoms. The third-order valence-electron chi connectivity index (χ3n) is 2.67. The van der Waals surface area contributed by atoms with Gasteiger partial charge in [0, 0.05) is 11.8 Å². The van der Waals surface area contributed by atoms with E-state index in [9.17, 15) is 5.11 Å². The first-order valence-corrected chi connectivity index (χ1v) is 4.97. The lowest BCUT2D eigenvalue weighted by Crippen LogP contribution is -2.20. The summed E-state index contributed by atoms with van der Waals surface area (Å²) < 4.78 is 5.18. The Morgan fingerprint density at radius 3 is 2.64 bits per heavy atom. The largest absolute Gasteiger partial charge is 0.368 e. The second-order valence-electron chi connectivity index (χ2n) is 4.51. The van der Waals surface area contributed by atoms with Crippen molar-refractivity contribution < 1.29 is 9.84 Å². The maximum Gasteiger partial charge on any atom is 0.159 e. The zero-order valence-corrected chi connectivity index (χ0v) is 8.66. The van der Waals surface area contributed by atoms with Gasteiger partial charge in [-0.1, -0.05) is 38.2 Å². The van der Waals surface area contributed by atoms with Crippen molar-refractivity contribution in [1.82, 2.24) is 0 Å². The van der Waals surface area contributed by atoms with Gasteiger partial charge in [-0.05, 0) is 11.1 Å². The third-order valence-corrected chi connectivity index (χ3v) is 2.67. The molecule has 2 nitrogen and oxygen atoms in total. The van der Waals surface area contributed by atoms with Gasteiger partial charge in [-0.3, -0.25) is 0 Å². The molecule has 2 rings (SSSR count). The second-order valence-corrected chi connectivity index (χ2v) is 4.51. The molecule has 0 aromatic carbocycles. The average molecular weight is 192 g/mol. The van der Waals surface area contributed by atoms with E-state index in [0.717, 1.165) is 0 Å². The van der Waals surface area contributed by atoms with E-state index >= 15 is 0 Å². The smallest absolute Gasteiger partial charge is 0.159 e. The first-order valence-electron chi connectivity index (χ1n) is 4.97. The molecule has 1 aliphatic carbocycles. The van der Waals surface area contributed by atoms with Crippen molar-refractivity contribution in [3.63, 3.8) is 0 Å². The second kappa shape index (κ2) is 3.37. The quantitative estimate of drug-likeness (QED) is 0.637. The Morgan fingerprint density at radius 2 is 1.93 bits per heavy atom. The van der Waals surface area contributed by atoms with E-state index in [1.165, 1.54) is 11.1 Å². The predicted molar refractivity (Wildman–Crippen MR) is 55.7 cm³/mol. The van der Waals surface area contributed by atoms with Crippen LogP contribution < -0.4 is 0 Å². The van der Waals surface area contributed by atoms with Crippen molar-refractivity contribution in [3.8, 4) is 0 Å². The van der Waals surface area contributed by atoms with Crippen molar-refractivity contribution in [2.75, 3.05) is 6.61 Å². The van der Waals surface area contributed by atoms with E-state index < -0.39 is 6.29 Å². The number of allylic oxidation sites excluding steroid dienone is 3. The Morgan fingerprint density at radius 1 is 1.29 bits per heavy atom. The summed E-state index contributed by atoms with van der Waals surface area (Å²) in [6, 6.07) is 0. The molecule has 0 bridgehead atoms. The van der Waals surface area contributed by atoms with Gasteiger partial charge in [0.2, 0.25) is 0 Å². The van der Waals surface area contributed by atoms with Crippen LogP contribution in [0.1, 0.15) is 20.3 Å². The molecule has 1 aliphatic heterocycles. The van der Waals surface area contributed by atoms with Gasteiger partial charge in [0.05, 0.1) is 6.61 Å². The summed E-state index contributed by atoms with van der Waals surface area (Å²) in [7, 11) is 0. The molecule has 0 saturated carbocycles. The molecular formula is C12H16O2. The lowest BCUT2D eigenvalue weighted by Gasteiger charge is -2.20. The van der Waals surface area contributed by atoms with Crippen molar-refractivity contribution in [3.05, 3.63) is 35.5 Å². The molecule has 0 aromatic rings. The molecule has 1 N–H and O–H groups in total. The van der Waals surface area contributed by atoms with Gasteiger partial charge in [-0.15, -0.1) is 0 Å². The van der Waals surface area contributed by atoms with Gasteiger partial charge in [0.25, 0.3) is 0 Å². The number of rotatable bonds is 0. The SMILES string of the molecule is CC1(C)C=CC2=C(C=C1)CC(O)OC2. The number of hydrogen-bond donors (Lipinski definition) is 1. The van der Waals surface area contributed by atoms with E-state index in [1.54, 1.807) is 0 Å². The van der Waals surface area contributed by atoms with Crippen LogP contribution in [0.25, 0.3) is 0 Å². The molecule has 0 saturated heterocycles. The Bertz CT molecular complexity index is 321. The normalized spacial score (nSPS) is 30.1. The molecule has 0 radical (unpaired) electrons. The molecule has 1 heterocycles. The highest BCUT2D eigenvalue weighted by Crippen LogP contribution is 2.29. The summed E-state index contributed by atoms with van der Waals surface area (Å²) in [5, 5.41) is 9.36. The fourth-order valence-corrected chi connectivity index (χ4v) is 1.67. The summed E-state index contributed by atoms with van der Waals surface area (Å²) >= 11 is 0. The maximum atomic E-state index is 9.36. The van der Waals surface area contributed by atoms with Crippen LogP contribution in [-0.4, -0.2) is 18.0 Å². The van der Waals surface area contributed by atoms with Crippen LogP contribution in [0.15, 0.2) is 35.5 Å². The summed E-state index contributed by atoms with van der Waals surface area (Å²) in [6.07, 6.45) is 8.54. The first-order chi connectivity index (χ1) is 6.57.